The minimum absolute atomic E-state index is 0.917. The zero-order valence-corrected chi connectivity index (χ0v) is 32.1. The van der Waals surface area contributed by atoms with Crippen LogP contribution in [-0.4, -0.2) is 0 Å². The lowest BCUT2D eigenvalue weighted by Crippen LogP contribution is -1.93. The molecule has 0 radical (unpaired) electrons. The lowest BCUT2D eigenvalue weighted by atomic mass is 9.82. The largest absolute Gasteiger partial charge is 0.456 e. The zero-order chi connectivity index (χ0) is 37.9. The molecule has 0 unspecified atom stereocenters. The van der Waals surface area contributed by atoms with Crippen LogP contribution in [0.3, 0.4) is 0 Å². The molecule has 2 heterocycles. The average Bonchev–Trinajstić information content (AvgIpc) is 3.86. The Balaban J connectivity index is 1.09. The summed E-state index contributed by atoms with van der Waals surface area (Å²) in [4.78, 5) is 0. The van der Waals surface area contributed by atoms with Gasteiger partial charge in [0.05, 0.1) is 0 Å². The Labute approximate surface area is 337 Å². The Morgan fingerprint density at radius 1 is 0.276 bits per heavy atom. The van der Waals surface area contributed by atoms with Crippen LogP contribution in [0, 0.1) is 0 Å². The summed E-state index contributed by atoms with van der Waals surface area (Å²) in [6.07, 6.45) is 0. The van der Waals surface area contributed by atoms with Gasteiger partial charge in [-0.3, -0.25) is 0 Å². The van der Waals surface area contributed by atoms with E-state index in [0.717, 1.165) is 11.2 Å². The normalized spacial score (nSPS) is 12.1. The molecule has 2 aromatic heterocycles. The van der Waals surface area contributed by atoms with Gasteiger partial charge in [0.15, 0.2) is 0 Å². The highest BCUT2D eigenvalue weighted by Gasteiger charge is 2.23. The van der Waals surface area contributed by atoms with Gasteiger partial charge in [0, 0.05) is 30.9 Å². The van der Waals surface area contributed by atoms with Crippen molar-refractivity contribution < 1.29 is 4.42 Å². The molecule has 0 aliphatic heterocycles. The van der Waals surface area contributed by atoms with Gasteiger partial charge in [-0.15, -0.1) is 11.3 Å². The van der Waals surface area contributed by atoms with Crippen LogP contribution in [0.25, 0.3) is 129 Å². The first-order valence-corrected chi connectivity index (χ1v) is 20.7. The van der Waals surface area contributed by atoms with E-state index in [-0.39, 0.29) is 0 Å². The van der Waals surface area contributed by atoms with E-state index < -0.39 is 0 Å². The van der Waals surface area contributed by atoms with Crippen LogP contribution in [0.4, 0.5) is 0 Å². The second kappa shape index (κ2) is 12.1. The van der Waals surface area contributed by atoms with E-state index in [9.17, 15) is 0 Å². The van der Waals surface area contributed by atoms with Gasteiger partial charge in [-0.1, -0.05) is 170 Å². The zero-order valence-electron chi connectivity index (χ0n) is 31.3. The van der Waals surface area contributed by atoms with Gasteiger partial charge < -0.3 is 4.42 Å². The van der Waals surface area contributed by atoms with Crippen molar-refractivity contribution in [2.45, 2.75) is 0 Å². The summed E-state index contributed by atoms with van der Waals surface area (Å²) < 4.78 is 9.42. The predicted molar refractivity (Wildman–Crippen MR) is 250 cm³/mol. The summed E-state index contributed by atoms with van der Waals surface area (Å²) in [5.41, 5.74) is 9.27. The number of rotatable bonds is 3. The van der Waals surface area contributed by atoms with Gasteiger partial charge in [-0.05, 0) is 112 Å². The summed E-state index contributed by atoms with van der Waals surface area (Å²) in [5, 5.41) is 17.4. The quantitative estimate of drug-likeness (QED) is 0.164. The first kappa shape index (κ1) is 31.9. The highest BCUT2D eigenvalue weighted by atomic mass is 32.1. The molecule has 0 amide bonds. The second-order valence-corrected chi connectivity index (χ2v) is 16.5. The van der Waals surface area contributed by atoms with Crippen molar-refractivity contribution in [3.63, 3.8) is 0 Å². The molecule has 0 atom stereocenters. The number of hydrogen-bond donors (Lipinski definition) is 0. The Morgan fingerprint density at radius 2 is 0.776 bits per heavy atom. The number of furan rings is 1. The second-order valence-electron chi connectivity index (χ2n) is 15.4. The molecule has 13 rings (SSSR count). The van der Waals surface area contributed by atoms with Gasteiger partial charge in [0.25, 0.3) is 0 Å². The van der Waals surface area contributed by atoms with Crippen molar-refractivity contribution in [1.82, 2.24) is 0 Å². The molecular formula is C56H32OS. The summed E-state index contributed by atoms with van der Waals surface area (Å²) in [5.74, 6) is 0. The minimum atomic E-state index is 0.917. The van der Waals surface area contributed by atoms with E-state index in [1.165, 1.54) is 118 Å². The summed E-state index contributed by atoms with van der Waals surface area (Å²) in [6, 6.07) is 71.4. The van der Waals surface area contributed by atoms with Crippen molar-refractivity contribution >= 4 is 107 Å². The summed E-state index contributed by atoms with van der Waals surface area (Å²) in [7, 11) is 0. The number of thiophene rings is 1. The molecule has 1 nitrogen and oxygen atoms in total. The van der Waals surface area contributed by atoms with Crippen LogP contribution in [0.1, 0.15) is 0 Å². The standard InChI is InChI=1S/C56H32OS/c1-2-16-34-33(14-1)15-13-26-39(34)52-41-21-7-9-23-43(41)53(44-24-10-8-22-42(44)52)45-29-28-38(35-17-3-4-18-36(35)45)47-32-49-54(40-20-6-5-19-37(40)47)56-48(57-49)30-31-51-55(56)46-25-11-12-27-50(46)58-51/h1-32H. The van der Waals surface area contributed by atoms with Gasteiger partial charge in [0.2, 0.25) is 0 Å². The van der Waals surface area contributed by atoms with Crippen molar-refractivity contribution in [1.29, 1.82) is 0 Å². The maximum atomic E-state index is 6.83. The molecule has 0 saturated carbocycles. The molecule has 0 bridgehead atoms. The maximum Gasteiger partial charge on any atom is 0.136 e. The molecule has 0 aliphatic rings. The fourth-order valence-corrected chi connectivity index (χ4v) is 11.2. The first-order chi connectivity index (χ1) is 28.8. The van der Waals surface area contributed by atoms with Crippen LogP contribution in [0.5, 0.6) is 0 Å². The monoisotopic (exact) mass is 752 g/mol. The number of hydrogen-bond acceptors (Lipinski definition) is 2. The molecule has 58 heavy (non-hydrogen) atoms. The third-order valence-corrected chi connectivity index (χ3v) is 13.6. The molecular weight excluding hydrogens is 721 g/mol. The summed E-state index contributed by atoms with van der Waals surface area (Å²) >= 11 is 1.85. The Morgan fingerprint density at radius 3 is 1.47 bits per heavy atom. The van der Waals surface area contributed by atoms with Crippen LogP contribution in [0.15, 0.2) is 199 Å². The average molecular weight is 753 g/mol. The molecule has 0 N–H and O–H groups in total. The Bertz CT molecular complexity index is 3800. The van der Waals surface area contributed by atoms with Crippen molar-refractivity contribution in [2.24, 2.45) is 0 Å². The Kier molecular flexibility index (Phi) is 6.66. The maximum absolute atomic E-state index is 6.83. The Hall–Kier alpha value is -7.26. The first-order valence-electron chi connectivity index (χ1n) is 19.9. The molecule has 268 valence electrons. The molecule has 0 fully saturated rings. The molecule has 13 aromatic rings. The lowest BCUT2D eigenvalue weighted by molar-refractivity contribution is 0.669. The topological polar surface area (TPSA) is 13.1 Å². The highest BCUT2D eigenvalue weighted by Crippen LogP contribution is 2.50. The van der Waals surface area contributed by atoms with Crippen molar-refractivity contribution in [2.75, 3.05) is 0 Å². The van der Waals surface area contributed by atoms with E-state index in [1.54, 1.807) is 0 Å². The molecule has 11 aromatic carbocycles. The molecule has 0 aliphatic carbocycles. The fraction of sp³-hybridized carbons (Fsp3) is 0. The number of fused-ring (bicyclic) bond motifs is 13. The summed E-state index contributed by atoms with van der Waals surface area (Å²) in [6.45, 7) is 0. The van der Waals surface area contributed by atoms with Crippen LogP contribution < -0.4 is 0 Å². The fourth-order valence-electron chi connectivity index (χ4n) is 10.1. The van der Waals surface area contributed by atoms with E-state index >= 15 is 0 Å². The number of benzene rings is 11. The van der Waals surface area contributed by atoms with Crippen molar-refractivity contribution in [3.8, 4) is 33.4 Å². The molecule has 2 heteroatoms. The minimum Gasteiger partial charge on any atom is -0.456 e. The third kappa shape index (κ3) is 4.41. The highest BCUT2D eigenvalue weighted by molar-refractivity contribution is 7.26. The van der Waals surface area contributed by atoms with Gasteiger partial charge >= 0.3 is 0 Å². The van der Waals surface area contributed by atoms with Gasteiger partial charge in [-0.25, -0.2) is 0 Å². The smallest absolute Gasteiger partial charge is 0.136 e. The van der Waals surface area contributed by atoms with Crippen LogP contribution in [-0.2, 0) is 0 Å². The van der Waals surface area contributed by atoms with E-state index in [1.807, 2.05) is 11.3 Å². The van der Waals surface area contributed by atoms with E-state index in [4.69, 9.17) is 4.42 Å². The molecule has 0 saturated heterocycles. The molecule has 0 spiro atoms. The SMILES string of the molecule is c1ccc2c(-c3c4ccccc4c(-c4ccc(-c5cc6oc7ccc8sc9ccccc9c8c7c6c6ccccc56)c5ccccc45)c4ccccc34)cccc2c1. The predicted octanol–water partition coefficient (Wildman–Crippen LogP) is 16.7. The van der Waals surface area contributed by atoms with E-state index in [0.29, 0.717) is 0 Å². The van der Waals surface area contributed by atoms with E-state index in [2.05, 4.69) is 194 Å². The van der Waals surface area contributed by atoms with Gasteiger partial charge in [0.1, 0.15) is 11.2 Å². The van der Waals surface area contributed by atoms with Crippen LogP contribution >= 0.6 is 11.3 Å². The van der Waals surface area contributed by atoms with Crippen LogP contribution in [0.2, 0.25) is 0 Å². The lowest BCUT2D eigenvalue weighted by Gasteiger charge is -2.20. The third-order valence-electron chi connectivity index (χ3n) is 12.5. The van der Waals surface area contributed by atoms with Gasteiger partial charge in [-0.2, -0.15) is 0 Å². The van der Waals surface area contributed by atoms with Crippen molar-refractivity contribution in [3.05, 3.63) is 194 Å².